The van der Waals surface area contributed by atoms with Crippen LogP contribution in [0.2, 0.25) is 0 Å². The molecule has 0 aromatic heterocycles. The van der Waals surface area contributed by atoms with Crippen LogP contribution in [0.4, 0.5) is 0 Å². The van der Waals surface area contributed by atoms with E-state index in [0.717, 1.165) is 18.5 Å². The molecule has 0 spiro atoms. The Morgan fingerprint density at radius 3 is 2.00 bits per heavy atom. The fourth-order valence-electron chi connectivity index (χ4n) is 4.04. The molecule has 1 atom stereocenters. The Morgan fingerprint density at radius 2 is 1.39 bits per heavy atom. The van der Waals surface area contributed by atoms with E-state index in [4.69, 9.17) is 4.74 Å². The van der Waals surface area contributed by atoms with Crippen molar-refractivity contribution in [3.8, 4) is 22.6 Å². The maximum absolute atomic E-state index is 10.5. The minimum Gasteiger partial charge on any atom is -0.506 e. The molecule has 0 fully saturated rings. The van der Waals surface area contributed by atoms with Crippen molar-refractivity contribution in [3.05, 3.63) is 97.6 Å². The van der Waals surface area contributed by atoms with E-state index in [1.54, 1.807) is 0 Å². The average Bonchev–Trinajstić information content (AvgIpc) is 3.11. The van der Waals surface area contributed by atoms with Crippen LogP contribution in [0.5, 0.6) is 11.5 Å². The molecule has 1 heterocycles. The number of rotatable bonds is 4. The van der Waals surface area contributed by atoms with Crippen LogP contribution in [0.1, 0.15) is 18.6 Å². The molecule has 0 aliphatic carbocycles. The normalized spacial score (nSPS) is 14.1. The maximum atomic E-state index is 10.5. The van der Waals surface area contributed by atoms with Gasteiger partial charge in [0.15, 0.2) is 0 Å². The van der Waals surface area contributed by atoms with Gasteiger partial charge in [-0.2, -0.15) is 10.9 Å². The first-order chi connectivity index (χ1) is 15.0. The number of fused-ring (bicyclic) bond motifs is 3. The summed E-state index contributed by atoms with van der Waals surface area (Å²) in [5.74, 6) is 1.10. The van der Waals surface area contributed by atoms with Gasteiger partial charge < -0.3 is 9.84 Å². The largest absolute Gasteiger partial charge is 0.506 e. The van der Waals surface area contributed by atoms with E-state index >= 15 is 0 Å². The van der Waals surface area contributed by atoms with Gasteiger partial charge in [0.2, 0.25) is 0 Å². The lowest BCUT2D eigenvalue weighted by molar-refractivity contribution is 0.221. The van der Waals surface area contributed by atoms with Crippen molar-refractivity contribution in [1.82, 2.24) is 0 Å². The summed E-state index contributed by atoms with van der Waals surface area (Å²) in [6.45, 7) is 1.97. The highest BCUT2D eigenvalue weighted by molar-refractivity contribution is 14.1. The fraction of sp³-hybridized carbons (Fsp3) is 0.0769. The minimum atomic E-state index is -0.560. The Balaban J connectivity index is 1.44. The smallest absolute Gasteiger partial charge is 0.135 e. The second-order valence-corrected chi connectivity index (χ2v) is 12.0. The molecule has 4 aromatic rings. The van der Waals surface area contributed by atoms with Crippen LogP contribution in [-0.2, 0) is 0 Å². The Morgan fingerprint density at radius 1 is 0.806 bits per heavy atom. The predicted octanol–water partition coefficient (Wildman–Crippen LogP) is 8.20. The molecule has 156 valence electrons. The number of phenols is 1. The van der Waals surface area contributed by atoms with Crippen molar-refractivity contribution >= 4 is 56.1 Å². The van der Waals surface area contributed by atoms with Crippen LogP contribution in [0.3, 0.4) is 0 Å². The summed E-state index contributed by atoms with van der Waals surface area (Å²) in [4.78, 5) is 4.15. The molecule has 0 radical (unpaired) electrons. The number of thiol groups is 1. The van der Waals surface area contributed by atoms with E-state index < -0.39 is 10.9 Å². The van der Waals surface area contributed by atoms with Crippen molar-refractivity contribution in [1.29, 1.82) is 0 Å². The molecule has 2 nitrogen and oxygen atoms in total. The van der Waals surface area contributed by atoms with Crippen LogP contribution < -0.4 is 4.74 Å². The summed E-state index contributed by atoms with van der Waals surface area (Å²) in [6, 6.07) is 29.9. The lowest BCUT2D eigenvalue weighted by Gasteiger charge is -2.21. The first kappa shape index (κ1) is 21.2. The molecular formula is C26H20I2O2S. The summed E-state index contributed by atoms with van der Waals surface area (Å²) < 4.78 is 8.11. The Kier molecular flexibility index (Phi) is 5.92. The zero-order valence-corrected chi connectivity index (χ0v) is 21.9. The van der Waals surface area contributed by atoms with Crippen LogP contribution in [0.15, 0.2) is 99.6 Å². The van der Waals surface area contributed by atoms with E-state index in [9.17, 15) is 5.11 Å². The Bertz CT molecular complexity index is 1230. The van der Waals surface area contributed by atoms with Gasteiger partial charge in [-0.05, 0) is 117 Å². The van der Waals surface area contributed by atoms with Gasteiger partial charge in [0.25, 0.3) is 0 Å². The molecular weight excluding hydrogens is 630 g/mol. The summed E-state index contributed by atoms with van der Waals surface area (Å²) in [7, 11) is -0.560. The molecule has 4 aromatic carbocycles. The van der Waals surface area contributed by atoms with E-state index in [-0.39, 0.29) is 6.10 Å². The lowest BCUT2D eigenvalue weighted by atomic mass is 10.1. The number of halogens is 2. The number of ether oxygens (including phenoxy) is 1. The molecule has 1 aliphatic heterocycles. The summed E-state index contributed by atoms with van der Waals surface area (Å²) in [5, 5.41) is 10.5. The molecule has 0 saturated carbocycles. The van der Waals surface area contributed by atoms with Gasteiger partial charge in [0.05, 0.1) is 3.57 Å². The second-order valence-electron chi connectivity index (χ2n) is 7.45. The van der Waals surface area contributed by atoms with Crippen molar-refractivity contribution in [2.24, 2.45) is 0 Å². The summed E-state index contributed by atoms with van der Waals surface area (Å²) >= 11 is 4.43. The summed E-state index contributed by atoms with van der Waals surface area (Å²) in [6.07, 6.45) is -0.243. The van der Waals surface area contributed by atoms with E-state index in [1.165, 1.54) is 25.8 Å². The van der Waals surface area contributed by atoms with E-state index in [0.29, 0.717) is 5.75 Å². The third kappa shape index (κ3) is 3.96. The zero-order valence-electron chi connectivity index (χ0n) is 16.7. The number of hydrogen-bond donors (Lipinski definition) is 2. The van der Waals surface area contributed by atoms with Crippen molar-refractivity contribution in [2.45, 2.75) is 27.7 Å². The monoisotopic (exact) mass is 650 g/mol. The highest BCUT2D eigenvalue weighted by Crippen LogP contribution is 2.62. The molecule has 5 rings (SSSR count). The van der Waals surface area contributed by atoms with Crippen LogP contribution in [0.25, 0.3) is 11.1 Å². The number of aromatic hydroxyl groups is 1. The molecule has 1 N–H and O–H groups in total. The molecule has 0 saturated heterocycles. The highest BCUT2D eigenvalue weighted by atomic mass is 127. The molecule has 5 heteroatoms. The molecule has 1 unspecified atom stereocenters. The Hall–Kier alpha value is -1.71. The van der Waals surface area contributed by atoms with Gasteiger partial charge in [-0.3, -0.25) is 0 Å². The molecule has 0 bridgehead atoms. The second kappa shape index (κ2) is 8.67. The van der Waals surface area contributed by atoms with Crippen molar-refractivity contribution < 1.29 is 9.84 Å². The van der Waals surface area contributed by atoms with Crippen LogP contribution >= 0.6 is 56.1 Å². The maximum Gasteiger partial charge on any atom is 0.135 e. The quantitative estimate of drug-likeness (QED) is 0.152. The third-order valence-corrected chi connectivity index (χ3v) is 9.49. The predicted molar refractivity (Wildman–Crippen MR) is 145 cm³/mol. The van der Waals surface area contributed by atoms with Crippen LogP contribution in [-0.4, -0.2) is 5.11 Å². The van der Waals surface area contributed by atoms with Gasteiger partial charge in [-0.15, -0.1) is 0 Å². The highest BCUT2D eigenvalue weighted by Gasteiger charge is 2.26. The number of benzene rings is 4. The molecule has 1 aliphatic rings. The van der Waals surface area contributed by atoms with Gasteiger partial charge in [0, 0.05) is 18.9 Å². The van der Waals surface area contributed by atoms with Gasteiger partial charge in [-0.1, -0.05) is 36.4 Å². The summed E-state index contributed by atoms with van der Waals surface area (Å²) in [5.41, 5.74) is 3.51. The van der Waals surface area contributed by atoms with Gasteiger partial charge in [-0.25, -0.2) is 0 Å². The molecule has 31 heavy (non-hydrogen) atoms. The number of phenolic OH excluding ortho intramolecular Hbond substituents is 1. The van der Waals surface area contributed by atoms with E-state index in [2.05, 4.69) is 106 Å². The average molecular weight is 650 g/mol. The first-order valence-electron chi connectivity index (χ1n) is 9.96. The van der Waals surface area contributed by atoms with Crippen molar-refractivity contribution in [3.63, 3.8) is 0 Å². The third-order valence-electron chi connectivity index (χ3n) is 5.48. The topological polar surface area (TPSA) is 29.5 Å². The van der Waals surface area contributed by atoms with Gasteiger partial charge in [0.1, 0.15) is 17.6 Å². The molecule has 0 amide bonds. The minimum absolute atomic E-state index is 0.243. The van der Waals surface area contributed by atoms with Crippen LogP contribution in [0, 0.1) is 7.14 Å². The fourth-order valence-corrected chi connectivity index (χ4v) is 8.53. The zero-order chi connectivity index (χ0) is 21.5. The van der Waals surface area contributed by atoms with Gasteiger partial charge >= 0.3 is 0 Å². The lowest BCUT2D eigenvalue weighted by Crippen LogP contribution is -2.04. The first-order valence-corrected chi connectivity index (χ1v) is 13.5. The number of hydrogen-bond acceptors (Lipinski definition) is 2. The van der Waals surface area contributed by atoms with E-state index in [1.807, 2.05) is 31.2 Å². The standard InChI is InChI=1S/C26H20I2O2S/c1-16(22-14-17(27)15-23(28)26(22)29)30-18-10-12-19(13-11-18)31-24-8-4-2-6-20(24)21-7-3-5-9-25(21)31/h2-16,29,31H,1H3. The SMILES string of the molecule is CC(Oc1ccc([SH]2c3ccccc3-c3ccccc32)cc1)c1cc(I)cc(I)c1O. The van der Waals surface area contributed by atoms with Crippen molar-refractivity contribution in [2.75, 3.05) is 0 Å². The Labute approximate surface area is 212 Å².